The number of amides is 1. The first kappa shape index (κ1) is 18.8. The first-order valence-electron chi connectivity index (χ1n) is 9.00. The molecule has 28 heavy (non-hydrogen) atoms. The Morgan fingerprint density at radius 1 is 1.29 bits per heavy atom. The van der Waals surface area contributed by atoms with Gasteiger partial charge < -0.3 is 15.0 Å². The topological polar surface area (TPSA) is 72.3 Å². The molecule has 1 amide bonds. The van der Waals surface area contributed by atoms with Crippen molar-refractivity contribution >= 4 is 39.7 Å². The van der Waals surface area contributed by atoms with Gasteiger partial charge in [0.25, 0.3) is 0 Å². The number of nitrogens with zero attached hydrogens (tertiary/aromatic N) is 4. The lowest BCUT2D eigenvalue weighted by atomic mass is 9.97. The maximum absolute atomic E-state index is 12.8. The first-order valence-corrected chi connectivity index (χ1v) is 10.2. The molecule has 1 aliphatic rings. The summed E-state index contributed by atoms with van der Waals surface area (Å²) < 4.78 is 7.25. The maximum atomic E-state index is 12.8. The van der Waals surface area contributed by atoms with Gasteiger partial charge in [0.15, 0.2) is 0 Å². The molecule has 3 aromatic rings. The largest absolute Gasteiger partial charge is 0.495 e. The molecule has 4 rings (SSSR count). The van der Waals surface area contributed by atoms with E-state index < -0.39 is 0 Å². The van der Waals surface area contributed by atoms with Gasteiger partial charge in [-0.2, -0.15) is 0 Å². The third-order valence-electron chi connectivity index (χ3n) is 4.71. The second kappa shape index (κ2) is 8.20. The van der Waals surface area contributed by atoms with Crippen LogP contribution in [0.2, 0.25) is 5.02 Å². The standard InChI is InChI=1S/C19H20ClN5O2S/c1-27-16-7-6-14(20)11-15(16)21-17(26)13-5-4-10-25(12-13)19-23-22-18(28-19)24-8-2-3-9-24/h2-3,6-9,11,13H,4-5,10,12H2,1H3,(H,21,26)/t13-/m0/s1. The van der Waals surface area contributed by atoms with Gasteiger partial charge in [0.1, 0.15) is 5.75 Å². The van der Waals surface area contributed by atoms with Gasteiger partial charge in [0.2, 0.25) is 16.2 Å². The first-order chi connectivity index (χ1) is 13.6. The van der Waals surface area contributed by atoms with Crippen LogP contribution in [0.15, 0.2) is 42.7 Å². The fourth-order valence-corrected chi connectivity index (χ4v) is 4.30. The van der Waals surface area contributed by atoms with Gasteiger partial charge in [-0.3, -0.25) is 9.36 Å². The van der Waals surface area contributed by atoms with Crippen LogP contribution in [0.5, 0.6) is 5.75 Å². The number of ether oxygens (including phenoxy) is 1. The van der Waals surface area contributed by atoms with Gasteiger partial charge in [0, 0.05) is 30.5 Å². The van der Waals surface area contributed by atoms with E-state index in [1.165, 1.54) is 11.3 Å². The van der Waals surface area contributed by atoms with Gasteiger partial charge in [0.05, 0.1) is 18.7 Å². The van der Waals surface area contributed by atoms with Crippen LogP contribution in [-0.2, 0) is 4.79 Å². The normalized spacial score (nSPS) is 16.8. The van der Waals surface area contributed by atoms with Crippen molar-refractivity contribution in [1.29, 1.82) is 0 Å². The monoisotopic (exact) mass is 417 g/mol. The minimum Gasteiger partial charge on any atom is -0.495 e. The number of piperidine rings is 1. The van der Waals surface area contributed by atoms with Gasteiger partial charge >= 0.3 is 0 Å². The van der Waals surface area contributed by atoms with Gasteiger partial charge in [-0.25, -0.2) is 0 Å². The zero-order chi connectivity index (χ0) is 19.5. The highest BCUT2D eigenvalue weighted by Gasteiger charge is 2.28. The molecule has 0 saturated carbocycles. The minimum atomic E-state index is -0.142. The molecule has 1 aliphatic heterocycles. The zero-order valence-electron chi connectivity index (χ0n) is 15.3. The van der Waals surface area contributed by atoms with E-state index in [-0.39, 0.29) is 11.8 Å². The highest BCUT2D eigenvalue weighted by atomic mass is 35.5. The van der Waals surface area contributed by atoms with Crippen LogP contribution in [0.4, 0.5) is 10.8 Å². The van der Waals surface area contributed by atoms with Gasteiger partial charge in [-0.1, -0.05) is 22.9 Å². The van der Waals surface area contributed by atoms with Crippen LogP contribution in [0.1, 0.15) is 12.8 Å². The van der Waals surface area contributed by atoms with Crippen molar-refractivity contribution in [3.63, 3.8) is 0 Å². The molecule has 1 fully saturated rings. The predicted octanol–water partition coefficient (Wildman–Crippen LogP) is 3.85. The Morgan fingerprint density at radius 2 is 2.07 bits per heavy atom. The quantitative estimate of drug-likeness (QED) is 0.682. The Hall–Kier alpha value is -2.58. The molecule has 1 saturated heterocycles. The molecule has 0 bridgehead atoms. The smallest absolute Gasteiger partial charge is 0.229 e. The molecule has 0 aliphatic carbocycles. The molecule has 1 N–H and O–H groups in total. The summed E-state index contributed by atoms with van der Waals surface area (Å²) in [6, 6.07) is 9.08. The van der Waals surface area contributed by atoms with Crippen molar-refractivity contribution in [2.45, 2.75) is 12.8 Å². The summed E-state index contributed by atoms with van der Waals surface area (Å²) in [5.41, 5.74) is 0.586. The Balaban J connectivity index is 1.45. The van der Waals surface area contributed by atoms with E-state index in [0.29, 0.717) is 23.0 Å². The number of nitrogens with one attached hydrogen (secondary N) is 1. The highest BCUT2D eigenvalue weighted by Crippen LogP contribution is 2.31. The Labute approximate surface area is 171 Å². The molecule has 1 atom stereocenters. The van der Waals surface area contributed by atoms with Crippen LogP contribution in [0.25, 0.3) is 5.13 Å². The SMILES string of the molecule is COc1ccc(Cl)cc1NC(=O)[C@H]1CCCN(c2nnc(-n3cccc3)s2)C1. The second-order valence-corrected chi connectivity index (χ2v) is 7.95. The Bertz CT molecular complexity index is 959. The number of hydrogen-bond donors (Lipinski definition) is 1. The number of aromatic nitrogens is 3. The third-order valence-corrected chi connectivity index (χ3v) is 5.94. The molecule has 0 radical (unpaired) electrons. The number of benzene rings is 1. The van der Waals surface area contributed by atoms with E-state index >= 15 is 0 Å². The number of anilines is 2. The van der Waals surface area contributed by atoms with Crippen LogP contribution in [0, 0.1) is 5.92 Å². The van der Waals surface area contributed by atoms with Crippen molar-refractivity contribution in [3.8, 4) is 10.9 Å². The minimum absolute atomic E-state index is 0.0413. The van der Waals surface area contributed by atoms with Crippen LogP contribution in [0.3, 0.4) is 0 Å². The van der Waals surface area contributed by atoms with Gasteiger partial charge in [-0.05, 0) is 43.2 Å². The van der Waals surface area contributed by atoms with E-state index in [2.05, 4.69) is 20.4 Å². The lowest BCUT2D eigenvalue weighted by Gasteiger charge is -2.31. The van der Waals surface area contributed by atoms with Crippen molar-refractivity contribution < 1.29 is 9.53 Å². The van der Waals surface area contributed by atoms with Crippen LogP contribution in [-0.4, -0.2) is 40.9 Å². The predicted molar refractivity (Wildman–Crippen MR) is 111 cm³/mol. The summed E-state index contributed by atoms with van der Waals surface area (Å²) in [6.45, 7) is 1.47. The van der Waals surface area contributed by atoms with Crippen molar-refractivity contribution in [3.05, 3.63) is 47.7 Å². The average molecular weight is 418 g/mol. The van der Waals surface area contributed by atoms with Crippen LogP contribution < -0.4 is 15.0 Å². The number of rotatable bonds is 5. The summed E-state index contributed by atoms with van der Waals surface area (Å²) in [5, 5.41) is 13.7. The van der Waals surface area contributed by atoms with Crippen molar-refractivity contribution in [2.75, 3.05) is 30.4 Å². The Kier molecular flexibility index (Phi) is 5.50. The lowest BCUT2D eigenvalue weighted by molar-refractivity contribution is -0.120. The number of hydrogen-bond acceptors (Lipinski definition) is 6. The number of carbonyl (C=O) groups excluding carboxylic acids is 1. The lowest BCUT2D eigenvalue weighted by Crippen LogP contribution is -2.40. The number of halogens is 1. The van der Waals surface area contributed by atoms with E-state index in [4.69, 9.17) is 16.3 Å². The fourth-order valence-electron chi connectivity index (χ4n) is 3.28. The van der Waals surface area contributed by atoms with E-state index in [1.807, 2.05) is 29.1 Å². The van der Waals surface area contributed by atoms with Gasteiger partial charge in [-0.15, -0.1) is 10.2 Å². The van der Waals surface area contributed by atoms with Crippen molar-refractivity contribution in [2.24, 2.45) is 5.92 Å². The summed E-state index contributed by atoms with van der Waals surface area (Å²) in [4.78, 5) is 15.0. The Morgan fingerprint density at radius 3 is 2.86 bits per heavy atom. The average Bonchev–Trinajstić information content (AvgIpc) is 3.40. The molecule has 7 nitrogen and oxygen atoms in total. The molecule has 0 unspecified atom stereocenters. The zero-order valence-corrected chi connectivity index (χ0v) is 16.9. The second-order valence-electron chi connectivity index (χ2n) is 6.58. The molecule has 0 spiro atoms. The maximum Gasteiger partial charge on any atom is 0.229 e. The number of methoxy groups -OCH3 is 1. The molecule has 1 aromatic carbocycles. The summed E-state index contributed by atoms with van der Waals surface area (Å²) in [5.74, 6) is 0.405. The molecule has 3 heterocycles. The van der Waals surface area contributed by atoms with Crippen molar-refractivity contribution in [1.82, 2.24) is 14.8 Å². The summed E-state index contributed by atoms with van der Waals surface area (Å²) >= 11 is 7.58. The highest BCUT2D eigenvalue weighted by molar-refractivity contribution is 7.17. The summed E-state index contributed by atoms with van der Waals surface area (Å²) in [7, 11) is 1.57. The van der Waals surface area contributed by atoms with E-state index in [9.17, 15) is 4.79 Å². The molecular weight excluding hydrogens is 398 g/mol. The fraction of sp³-hybridized carbons (Fsp3) is 0.316. The summed E-state index contributed by atoms with van der Waals surface area (Å²) in [6.07, 6.45) is 5.63. The number of carbonyl (C=O) groups is 1. The van der Waals surface area contributed by atoms with E-state index in [0.717, 1.165) is 29.6 Å². The van der Waals surface area contributed by atoms with Crippen LogP contribution >= 0.6 is 22.9 Å². The van der Waals surface area contributed by atoms with E-state index in [1.54, 1.807) is 25.3 Å². The molecular formula is C19H20ClN5O2S. The molecule has 9 heteroatoms. The third kappa shape index (κ3) is 3.98. The molecule has 146 valence electrons. The molecule has 2 aromatic heterocycles.